The van der Waals surface area contributed by atoms with Crippen molar-refractivity contribution in [2.75, 3.05) is 0 Å². The first-order valence-corrected chi connectivity index (χ1v) is 8.44. The molecular weight excluding hydrogens is 304 g/mol. The Bertz CT molecular complexity index is 680. The van der Waals surface area contributed by atoms with E-state index in [1.165, 1.54) is 18.6 Å². The van der Waals surface area contributed by atoms with Gasteiger partial charge in [0.2, 0.25) is 0 Å². The Balaban J connectivity index is 1.73. The van der Waals surface area contributed by atoms with E-state index in [4.69, 9.17) is 4.74 Å². The Morgan fingerprint density at radius 3 is 2.25 bits per heavy atom. The van der Waals surface area contributed by atoms with E-state index in [1.807, 2.05) is 30.3 Å². The molecule has 1 saturated carbocycles. The van der Waals surface area contributed by atoms with Gasteiger partial charge in [0.05, 0.1) is 5.92 Å². The smallest absolute Gasteiger partial charge is 0.314 e. The standard InChI is InChI=1S/C20H22O4/c21-18-12-16(24-20(23)15-9-5-2-6-10-15)13-19(22)17(18)11-14-7-3-1-4-8-14/h1,3-4,7-8,12-13,15,21-22H,2,5-6,9-11H2. The molecule has 24 heavy (non-hydrogen) atoms. The van der Waals surface area contributed by atoms with Gasteiger partial charge in [-0.15, -0.1) is 0 Å². The fraction of sp³-hybridized carbons (Fsp3) is 0.350. The number of aromatic hydroxyl groups is 2. The number of carbonyl (C=O) groups is 1. The summed E-state index contributed by atoms with van der Waals surface area (Å²) >= 11 is 0. The molecule has 1 aliphatic rings. The van der Waals surface area contributed by atoms with Gasteiger partial charge in [-0.2, -0.15) is 0 Å². The number of hydrogen-bond donors (Lipinski definition) is 2. The van der Waals surface area contributed by atoms with E-state index < -0.39 is 0 Å². The third-order valence-electron chi connectivity index (χ3n) is 4.56. The summed E-state index contributed by atoms with van der Waals surface area (Å²) in [5.74, 6) is -0.288. The number of rotatable bonds is 4. The maximum atomic E-state index is 12.2. The van der Waals surface area contributed by atoms with Gasteiger partial charge in [0, 0.05) is 24.1 Å². The monoisotopic (exact) mass is 326 g/mol. The summed E-state index contributed by atoms with van der Waals surface area (Å²) in [5, 5.41) is 20.4. The molecule has 4 nitrogen and oxygen atoms in total. The Kier molecular flexibility index (Phi) is 5.04. The lowest BCUT2D eigenvalue weighted by Gasteiger charge is -2.20. The van der Waals surface area contributed by atoms with Gasteiger partial charge in [0.15, 0.2) is 0 Å². The summed E-state index contributed by atoms with van der Waals surface area (Å²) < 4.78 is 5.36. The van der Waals surface area contributed by atoms with Crippen molar-refractivity contribution in [3.8, 4) is 17.2 Å². The van der Waals surface area contributed by atoms with Crippen molar-refractivity contribution >= 4 is 5.97 Å². The second kappa shape index (κ2) is 7.39. The predicted molar refractivity (Wildman–Crippen MR) is 91.2 cm³/mol. The zero-order chi connectivity index (χ0) is 16.9. The van der Waals surface area contributed by atoms with Crippen LogP contribution in [-0.2, 0) is 11.2 Å². The molecule has 0 radical (unpaired) electrons. The van der Waals surface area contributed by atoms with Crippen LogP contribution < -0.4 is 4.74 Å². The maximum absolute atomic E-state index is 12.2. The van der Waals surface area contributed by atoms with E-state index in [1.54, 1.807) is 0 Å². The third kappa shape index (κ3) is 3.88. The van der Waals surface area contributed by atoms with Crippen LogP contribution in [0.25, 0.3) is 0 Å². The van der Waals surface area contributed by atoms with E-state index >= 15 is 0 Å². The fourth-order valence-corrected chi connectivity index (χ4v) is 3.19. The molecule has 4 heteroatoms. The highest BCUT2D eigenvalue weighted by atomic mass is 16.5. The molecule has 0 amide bonds. The van der Waals surface area contributed by atoms with E-state index in [9.17, 15) is 15.0 Å². The number of carbonyl (C=O) groups excluding carboxylic acids is 1. The van der Waals surface area contributed by atoms with Crippen molar-refractivity contribution in [1.82, 2.24) is 0 Å². The topological polar surface area (TPSA) is 66.8 Å². The van der Waals surface area contributed by atoms with E-state index in [0.29, 0.717) is 12.0 Å². The summed E-state index contributed by atoms with van der Waals surface area (Å²) in [6.07, 6.45) is 5.37. The molecule has 0 bridgehead atoms. The SMILES string of the molecule is O=C(Oc1cc(O)c(Cc2ccccc2)c(O)c1)C1CCCCC1. The van der Waals surface area contributed by atoms with Crippen LogP contribution in [0, 0.1) is 5.92 Å². The molecule has 0 aromatic heterocycles. The molecule has 2 aromatic rings. The van der Waals surface area contributed by atoms with E-state index in [2.05, 4.69) is 0 Å². The van der Waals surface area contributed by atoms with Crippen molar-refractivity contribution in [1.29, 1.82) is 0 Å². The Hall–Kier alpha value is -2.49. The molecular formula is C20H22O4. The summed E-state index contributed by atoms with van der Waals surface area (Å²) in [4.78, 5) is 12.2. The average molecular weight is 326 g/mol. The first-order valence-electron chi connectivity index (χ1n) is 8.44. The van der Waals surface area contributed by atoms with Crippen LogP contribution in [0.5, 0.6) is 17.2 Å². The summed E-state index contributed by atoms with van der Waals surface area (Å²) in [7, 11) is 0. The van der Waals surface area contributed by atoms with Gasteiger partial charge in [-0.1, -0.05) is 49.6 Å². The molecule has 1 fully saturated rings. The molecule has 0 atom stereocenters. The van der Waals surface area contributed by atoms with Gasteiger partial charge >= 0.3 is 5.97 Å². The zero-order valence-corrected chi connectivity index (χ0v) is 13.6. The first-order chi connectivity index (χ1) is 11.6. The van der Waals surface area contributed by atoms with Crippen molar-refractivity contribution < 1.29 is 19.7 Å². The molecule has 2 N–H and O–H groups in total. The normalized spacial score (nSPS) is 15.2. The first kappa shape index (κ1) is 16.4. The van der Waals surface area contributed by atoms with Crippen molar-refractivity contribution in [3.05, 3.63) is 53.6 Å². The minimum absolute atomic E-state index is 0.0645. The fourth-order valence-electron chi connectivity index (χ4n) is 3.19. The summed E-state index contributed by atoms with van der Waals surface area (Å²) in [5.41, 5.74) is 1.41. The summed E-state index contributed by atoms with van der Waals surface area (Å²) in [6, 6.07) is 12.4. The number of phenols is 2. The van der Waals surface area contributed by atoms with Crippen molar-refractivity contribution in [3.63, 3.8) is 0 Å². The molecule has 0 saturated heterocycles. The second-order valence-corrected chi connectivity index (χ2v) is 6.36. The van der Waals surface area contributed by atoms with E-state index in [0.717, 1.165) is 31.2 Å². The van der Waals surface area contributed by atoms with Crippen molar-refractivity contribution in [2.24, 2.45) is 5.92 Å². The Morgan fingerprint density at radius 1 is 1.00 bits per heavy atom. The lowest BCUT2D eigenvalue weighted by Crippen LogP contribution is -2.22. The Morgan fingerprint density at radius 2 is 1.62 bits per heavy atom. The molecule has 0 aliphatic heterocycles. The maximum Gasteiger partial charge on any atom is 0.314 e. The quantitative estimate of drug-likeness (QED) is 0.653. The number of phenolic OH excluding ortho intramolecular Hbond substituents is 2. The minimum atomic E-state index is -0.274. The van der Waals surface area contributed by atoms with Crippen LogP contribution in [0.4, 0.5) is 0 Å². The van der Waals surface area contributed by atoms with Crippen LogP contribution in [0.1, 0.15) is 43.2 Å². The number of hydrogen-bond acceptors (Lipinski definition) is 4. The van der Waals surface area contributed by atoms with Gasteiger partial charge in [0.1, 0.15) is 17.2 Å². The average Bonchev–Trinajstić information content (AvgIpc) is 2.60. The van der Waals surface area contributed by atoms with E-state index in [-0.39, 0.29) is 29.1 Å². The van der Waals surface area contributed by atoms with Gasteiger partial charge in [-0.25, -0.2) is 0 Å². The lowest BCUT2D eigenvalue weighted by atomic mass is 9.89. The van der Waals surface area contributed by atoms with Gasteiger partial charge in [-0.3, -0.25) is 4.79 Å². The zero-order valence-electron chi connectivity index (χ0n) is 13.6. The predicted octanol–water partition coefficient (Wildman–Crippen LogP) is 4.17. The Labute approximate surface area is 141 Å². The van der Waals surface area contributed by atoms with Gasteiger partial charge < -0.3 is 14.9 Å². The third-order valence-corrected chi connectivity index (χ3v) is 4.56. The highest BCUT2D eigenvalue weighted by Crippen LogP contribution is 2.35. The summed E-state index contributed by atoms with van der Waals surface area (Å²) in [6.45, 7) is 0. The van der Waals surface area contributed by atoms with Crippen LogP contribution in [0.2, 0.25) is 0 Å². The van der Waals surface area contributed by atoms with Gasteiger partial charge in [0.25, 0.3) is 0 Å². The molecule has 126 valence electrons. The van der Waals surface area contributed by atoms with Gasteiger partial charge in [-0.05, 0) is 18.4 Å². The van der Waals surface area contributed by atoms with Crippen LogP contribution in [-0.4, -0.2) is 16.2 Å². The highest BCUT2D eigenvalue weighted by molar-refractivity contribution is 5.75. The second-order valence-electron chi connectivity index (χ2n) is 6.36. The molecule has 0 unspecified atom stereocenters. The van der Waals surface area contributed by atoms with Crippen molar-refractivity contribution in [2.45, 2.75) is 38.5 Å². The molecule has 0 heterocycles. The number of ether oxygens (including phenoxy) is 1. The molecule has 0 spiro atoms. The van der Waals surface area contributed by atoms with Crippen LogP contribution >= 0.6 is 0 Å². The molecule has 2 aromatic carbocycles. The molecule has 1 aliphatic carbocycles. The lowest BCUT2D eigenvalue weighted by molar-refractivity contribution is -0.139. The minimum Gasteiger partial charge on any atom is -0.507 e. The number of benzene rings is 2. The largest absolute Gasteiger partial charge is 0.507 e. The molecule has 3 rings (SSSR count). The number of esters is 1. The highest BCUT2D eigenvalue weighted by Gasteiger charge is 2.23. The van der Waals surface area contributed by atoms with Crippen LogP contribution in [0.15, 0.2) is 42.5 Å². The van der Waals surface area contributed by atoms with Crippen LogP contribution in [0.3, 0.4) is 0 Å².